The van der Waals surface area contributed by atoms with Crippen LogP contribution in [0.15, 0.2) is 162 Å². The van der Waals surface area contributed by atoms with Gasteiger partial charge >= 0.3 is 0 Å². The lowest BCUT2D eigenvalue weighted by atomic mass is 10.0. The fourth-order valence-electron chi connectivity index (χ4n) is 6.04. The lowest BCUT2D eigenvalue weighted by Gasteiger charge is -2.16. The molecule has 238 valence electrons. The number of nitrogens with one attached hydrogen (secondary N) is 4. The monoisotopic (exact) mass is 638 g/mol. The van der Waals surface area contributed by atoms with E-state index in [1.54, 1.807) is 0 Å². The Labute approximate surface area is 284 Å². The third-order valence-electron chi connectivity index (χ3n) is 8.54. The van der Waals surface area contributed by atoms with Crippen LogP contribution in [-0.2, 0) is 0 Å². The van der Waals surface area contributed by atoms with Gasteiger partial charge in [0, 0.05) is 22.1 Å². The van der Waals surface area contributed by atoms with Crippen molar-refractivity contribution < 1.29 is 4.42 Å². The molecule has 0 spiro atoms. The minimum Gasteiger partial charge on any atom is -0.456 e. The Morgan fingerprint density at radius 3 is 1.37 bits per heavy atom. The lowest BCUT2D eigenvalue weighted by Crippen LogP contribution is -1.99. The fourth-order valence-corrected chi connectivity index (χ4v) is 6.04. The minimum absolute atomic E-state index is 0.691. The number of hydrogen-bond donors (Lipinski definition) is 6. The van der Waals surface area contributed by atoms with Crippen LogP contribution < -0.4 is 32.7 Å². The Kier molecular flexibility index (Phi) is 7.68. The summed E-state index contributed by atoms with van der Waals surface area (Å²) in [6.07, 6.45) is 0. The Bertz CT molecular complexity index is 2450. The molecule has 8 aromatic rings. The molecule has 7 nitrogen and oxygen atoms in total. The molecule has 0 radical (unpaired) electrons. The first-order valence-corrected chi connectivity index (χ1v) is 16.1. The van der Waals surface area contributed by atoms with Crippen LogP contribution in [0.2, 0.25) is 0 Å². The average Bonchev–Trinajstić information content (AvgIpc) is 3.49. The highest BCUT2D eigenvalue weighted by Crippen LogP contribution is 2.37. The van der Waals surface area contributed by atoms with Crippen LogP contribution >= 0.6 is 0 Å². The third kappa shape index (κ3) is 6.16. The van der Waals surface area contributed by atoms with Gasteiger partial charge in [-0.2, -0.15) is 0 Å². The summed E-state index contributed by atoms with van der Waals surface area (Å²) in [5.41, 5.74) is 25.0. The Balaban J connectivity index is 1.07. The number of anilines is 10. The van der Waals surface area contributed by atoms with Crippen LogP contribution in [0.4, 0.5) is 56.9 Å². The Morgan fingerprint density at radius 2 is 0.796 bits per heavy atom. The van der Waals surface area contributed by atoms with Crippen molar-refractivity contribution in [3.05, 3.63) is 158 Å². The first-order chi connectivity index (χ1) is 24.1. The van der Waals surface area contributed by atoms with Gasteiger partial charge in [0.15, 0.2) is 0 Å². The molecule has 0 aliphatic heterocycles. The van der Waals surface area contributed by atoms with Crippen LogP contribution in [0.1, 0.15) is 0 Å². The molecule has 8 N–H and O–H groups in total. The van der Waals surface area contributed by atoms with Crippen LogP contribution in [0, 0.1) is 0 Å². The number of rotatable bonds is 9. The Hall–Kier alpha value is -6.86. The molecule has 0 amide bonds. The van der Waals surface area contributed by atoms with Crippen molar-refractivity contribution in [2.24, 2.45) is 0 Å². The maximum absolute atomic E-state index is 6.26. The quantitative estimate of drug-likeness (QED) is 0.0872. The summed E-state index contributed by atoms with van der Waals surface area (Å²) >= 11 is 0. The van der Waals surface area contributed by atoms with E-state index in [1.165, 1.54) is 0 Å². The van der Waals surface area contributed by atoms with Crippen molar-refractivity contribution in [3.8, 4) is 11.1 Å². The van der Waals surface area contributed by atoms with E-state index in [2.05, 4.69) is 69.8 Å². The summed E-state index contributed by atoms with van der Waals surface area (Å²) in [7, 11) is 0. The molecule has 0 fully saturated rings. The molecule has 7 heteroatoms. The summed E-state index contributed by atoms with van der Waals surface area (Å²) in [6, 6.07) is 52.7. The molecule has 0 saturated heterocycles. The molecule has 8 rings (SSSR count). The van der Waals surface area contributed by atoms with E-state index in [0.29, 0.717) is 11.4 Å². The molecule has 7 aromatic carbocycles. The molecule has 0 unspecified atom stereocenters. The predicted molar refractivity (Wildman–Crippen MR) is 207 cm³/mol. The van der Waals surface area contributed by atoms with Gasteiger partial charge in [-0.1, -0.05) is 66.7 Å². The second kappa shape index (κ2) is 12.7. The van der Waals surface area contributed by atoms with Crippen molar-refractivity contribution >= 4 is 78.8 Å². The second-order valence-electron chi connectivity index (χ2n) is 11.9. The fraction of sp³-hybridized carbons (Fsp3) is 0. The standard InChI is InChI=1S/C42H34N6O/c43-33-12-1-3-14-35(33)47-39-18-7-5-16-37(39)45-29-11-9-10-27(24-29)28-20-22-41-31(25-28)32-26-30(21-23-42(32)49-41)46-38-17-6-8-19-40(38)48-36-15-4-2-13-34(36)44/h1-26,45-48H,43-44H2. The molecule has 0 aliphatic rings. The first kappa shape index (κ1) is 29.5. The summed E-state index contributed by atoms with van der Waals surface area (Å²) in [4.78, 5) is 0. The van der Waals surface area contributed by atoms with Crippen molar-refractivity contribution in [2.75, 3.05) is 32.7 Å². The van der Waals surface area contributed by atoms with Crippen molar-refractivity contribution in [1.82, 2.24) is 0 Å². The molecular weight excluding hydrogens is 605 g/mol. The summed E-state index contributed by atoms with van der Waals surface area (Å²) in [5, 5.41) is 16.2. The number of benzene rings is 7. The average molecular weight is 639 g/mol. The van der Waals surface area contributed by atoms with Gasteiger partial charge in [0.05, 0.1) is 45.5 Å². The number of nitrogen functional groups attached to an aromatic ring is 2. The molecule has 0 atom stereocenters. The van der Waals surface area contributed by atoms with Gasteiger partial charge in [0.1, 0.15) is 11.2 Å². The van der Waals surface area contributed by atoms with Crippen molar-refractivity contribution in [3.63, 3.8) is 0 Å². The molecule has 1 heterocycles. The van der Waals surface area contributed by atoms with Gasteiger partial charge < -0.3 is 37.2 Å². The van der Waals surface area contributed by atoms with E-state index in [0.717, 1.165) is 78.6 Å². The number of fused-ring (bicyclic) bond motifs is 3. The highest BCUT2D eigenvalue weighted by Gasteiger charge is 2.12. The molecular formula is C42H34N6O. The van der Waals surface area contributed by atoms with E-state index < -0.39 is 0 Å². The summed E-state index contributed by atoms with van der Waals surface area (Å²) < 4.78 is 6.26. The molecule has 0 saturated carbocycles. The van der Waals surface area contributed by atoms with Gasteiger partial charge in [-0.05, 0) is 102 Å². The second-order valence-corrected chi connectivity index (χ2v) is 11.9. The maximum Gasteiger partial charge on any atom is 0.135 e. The van der Waals surface area contributed by atoms with Gasteiger partial charge in [-0.15, -0.1) is 0 Å². The smallest absolute Gasteiger partial charge is 0.135 e. The number of furan rings is 1. The topological polar surface area (TPSA) is 113 Å². The Morgan fingerprint density at radius 1 is 0.347 bits per heavy atom. The molecule has 1 aromatic heterocycles. The van der Waals surface area contributed by atoms with Crippen LogP contribution in [0.3, 0.4) is 0 Å². The van der Waals surface area contributed by atoms with Crippen LogP contribution in [0.5, 0.6) is 0 Å². The van der Waals surface area contributed by atoms with Crippen LogP contribution in [-0.4, -0.2) is 0 Å². The first-order valence-electron chi connectivity index (χ1n) is 16.1. The highest BCUT2D eigenvalue weighted by molar-refractivity contribution is 6.07. The highest BCUT2D eigenvalue weighted by atomic mass is 16.3. The normalized spacial score (nSPS) is 11.0. The third-order valence-corrected chi connectivity index (χ3v) is 8.54. The minimum atomic E-state index is 0.691. The summed E-state index contributed by atoms with van der Waals surface area (Å²) in [6.45, 7) is 0. The van der Waals surface area contributed by atoms with E-state index in [-0.39, 0.29) is 0 Å². The maximum atomic E-state index is 6.26. The largest absolute Gasteiger partial charge is 0.456 e. The predicted octanol–water partition coefficient (Wildman–Crippen LogP) is 11.4. The van der Waals surface area contributed by atoms with E-state index >= 15 is 0 Å². The zero-order chi connectivity index (χ0) is 33.2. The molecule has 0 aliphatic carbocycles. The van der Waals surface area contributed by atoms with Gasteiger partial charge in [0.25, 0.3) is 0 Å². The molecule has 0 bridgehead atoms. The van der Waals surface area contributed by atoms with E-state index in [1.807, 2.05) is 109 Å². The SMILES string of the molecule is Nc1ccccc1Nc1ccccc1Nc1cccc(-c2ccc3oc4ccc(Nc5ccccc5Nc5ccccc5N)cc4c3c2)c1. The van der Waals surface area contributed by atoms with Crippen molar-refractivity contribution in [2.45, 2.75) is 0 Å². The van der Waals surface area contributed by atoms with E-state index in [9.17, 15) is 0 Å². The van der Waals surface area contributed by atoms with Crippen LogP contribution in [0.25, 0.3) is 33.1 Å². The number of nitrogens with two attached hydrogens (primary N) is 2. The number of hydrogen-bond acceptors (Lipinski definition) is 7. The van der Waals surface area contributed by atoms with Crippen molar-refractivity contribution in [1.29, 1.82) is 0 Å². The zero-order valence-corrected chi connectivity index (χ0v) is 26.6. The van der Waals surface area contributed by atoms with E-state index in [4.69, 9.17) is 15.9 Å². The zero-order valence-electron chi connectivity index (χ0n) is 26.6. The van der Waals surface area contributed by atoms with Gasteiger partial charge in [-0.25, -0.2) is 0 Å². The molecule has 49 heavy (non-hydrogen) atoms. The number of para-hydroxylation sites is 8. The summed E-state index contributed by atoms with van der Waals surface area (Å²) in [5.74, 6) is 0. The lowest BCUT2D eigenvalue weighted by molar-refractivity contribution is 0.669. The van der Waals surface area contributed by atoms with Gasteiger partial charge in [-0.3, -0.25) is 0 Å². The van der Waals surface area contributed by atoms with Gasteiger partial charge in [0.2, 0.25) is 0 Å².